The molecule has 1 aliphatic rings. The van der Waals surface area contributed by atoms with E-state index in [4.69, 9.17) is 9.05 Å². The summed E-state index contributed by atoms with van der Waals surface area (Å²) in [4.78, 5) is 11.4. The Hall–Kier alpha value is -0.700. The summed E-state index contributed by atoms with van der Waals surface area (Å²) in [7, 11) is -3.01. The normalized spacial score (nSPS) is 17.2. The van der Waals surface area contributed by atoms with Crippen LogP contribution >= 0.6 is 7.60 Å². The minimum absolute atomic E-state index is 0.201. The zero-order chi connectivity index (χ0) is 13.6. The monoisotopic (exact) mass is 272 g/mol. The van der Waals surface area contributed by atoms with Crippen molar-refractivity contribution in [3.63, 3.8) is 0 Å². The molecule has 0 fully saturated rings. The predicted molar refractivity (Wildman–Crippen MR) is 71.8 cm³/mol. The lowest BCUT2D eigenvalue weighted by Crippen LogP contribution is -1.98. The van der Waals surface area contributed by atoms with Gasteiger partial charge < -0.3 is 9.05 Å². The minimum Gasteiger partial charge on any atom is -0.309 e. The summed E-state index contributed by atoms with van der Waals surface area (Å²) in [5.41, 5.74) is 1.84. The predicted octanol–water partition coefficient (Wildman–Crippen LogP) is 3.49. The molecule has 0 N–H and O–H groups in total. The molecule has 18 heavy (non-hydrogen) atoms. The molecule has 0 spiro atoms. The van der Waals surface area contributed by atoms with E-state index in [1.54, 1.807) is 19.9 Å². The van der Waals surface area contributed by atoms with Gasteiger partial charge in [-0.25, -0.2) is 0 Å². The SMILES string of the molecule is CCOP(=O)(C/C=C/C1=C(C)C(=O)CC1)OCC. The second-order valence-corrected chi connectivity index (χ2v) is 6.21. The second-order valence-electron chi connectivity index (χ2n) is 4.10. The van der Waals surface area contributed by atoms with Gasteiger partial charge in [-0.1, -0.05) is 12.2 Å². The lowest BCUT2D eigenvalue weighted by Gasteiger charge is -2.14. The van der Waals surface area contributed by atoms with E-state index in [0.29, 0.717) is 19.6 Å². The maximum atomic E-state index is 12.2. The van der Waals surface area contributed by atoms with Gasteiger partial charge in [0.1, 0.15) is 0 Å². The van der Waals surface area contributed by atoms with Crippen LogP contribution in [0.5, 0.6) is 0 Å². The zero-order valence-electron chi connectivity index (χ0n) is 11.3. The summed E-state index contributed by atoms with van der Waals surface area (Å²) in [5.74, 6) is 0.201. The van der Waals surface area contributed by atoms with Crippen LogP contribution in [-0.4, -0.2) is 25.2 Å². The van der Waals surface area contributed by atoms with Gasteiger partial charge in [0, 0.05) is 6.42 Å². The van der Waals surface area contributed by atoms with Crippen LogP contribution in [0.25, 0.3) is 0 Å². The highest BCUT2D eigenvalue weighted by molar-refractivity contribution is 7.54. The first-order valence-electron chi connectivity index (χ1n) is 6.30. The first-order valence-corrected chi connectivity index (χ1v) is 8.02. The van der Waals surface area contributed by atoms with E-state index < -0.39 is 7.60 Å². The fourth-order valence-corrected chi connectivity index (χ4v) is 3.31. The Morgan fingerprint density at radius 3 is 2.28 bits per heavy atom. The van der Waals surface area contributed by atoms with Crippen molar-refractivity contribution in [1.29, 1.82) is 0 Å². The lowest BCUT2D eigenvalue weighted by molar-refractivity contribution is -0.114. The third-order valence-corrected chi connectivity index (χ3v) is 4.78. The van der Waals surface area contributed by atoms with E-state index in [1.807, 2.05) is 13.0 Å². The molecule has 0 saturated heterocycles. The van der Waals surface area contributed by atoms with E-state index >= 15 is 0 Å². The summed E-state index contributed by atoms with van der Waals surface area (Å²) in [5, 5.41) is 0. The molecule has 0 radical (unpaired) electrons. The van der Waals surface area contributed by atoms with Gasteiger partial charge in [0.15, 0.2) is 5.78 Å². The minimum atomic E-state index is -3.01. The molecule has 0 unspecified atom stereocenters. The molecule has 0 atom stereocenters. The molecule has 0 amide bonds. The Balaban J connectivity index is 2.63. The molecular formula is C13H21O4P. The molecular weight excluding hydrogens is 251 g/mol. The van der Waals surface area contributed by atoms with Crippen molar-refractivity contribution in [3.8, 4) is 0 Å². The topological polar surface area (TPSA) is 52.6 Å². The molecule has 4 nitrogen and oxygen atoms in total. The Morgan fingerprint density at radius 2 is 1.83 bits per heavy atom. The maximum Gasteiger partial charge on any atom is 0.334 e. The Bertz CT molecular complexity index is 399. The number of hydrogen-bond acceptors (Lipinski definition) is 4. The number of ketones is 1. The number of rotatable bonds is 7. The quantitative estimate of drug-likeness (QED) is 0.666. The lowest BCUT2D eigenvalue weighted by atomic mass is 10.1. The fraction of sp³-hybridized carbons (Fsp3) is 0.615. The smallest absolute Gasteiger partial charge is 0.309 e. The van der Waals surface area contributed by atoms with Crippen LogP contribution in [0, 0.1) is 0 Å². The fourth-order valence-electron chi connectivity index (χ4n) is 1.87. The summed E-state index contributed by atoms with van der Waals surface area (Å²) in [6.07, 6.45) is 5.25. The average Bonchev–Trinajstić information content (AvgIpc) is 2.61. The van der Waals surface area contributed by atoms with Crippen LogP contribution in [-0.2, 0) is 18.4 Å². The molecule has 0 aromatic rings. The van der Waals surface area contributed by atoms with Crippen LogP contribution < -0.4 is 0 Å². The highest BCUT2D eigenvalue weighted by Gasteiger charge is 2.22. The van der Waals surface area contributed by atoms with Gasteiger partial charge in [-0.15, -0.1) is 0 Å². The molecule has 0 aromatic carbocycles. The third kappa shape index (κ3) is 4.20. The molecule has 0 bridgehead atoms. The number of carbonyl (C=O) groups excluding carboxylic acids is 1. The molecule has 0 saturated carbocycles. The van der Waals surface area contributed by atoms with Crippen LogP contribution in [0.1, 0.15) is 33.6 Å². The number of Topliss-reactive ketones (excluding diaryl/α,β-unsaturated/α-hetero) is 1. The molecule has 0 heterocycles. The van der Waals surface area contributed by atoms with Crippen molar-refractivity contribution in [1.82, 2.24) is 0 Å². The van der Waals surface area contributed by atoms with Gasteiger partial charge in [-0.05, 0) is 38.3 Å². The summed E-state index contributed by atoms with van der Waals surface area (Å²) in [6.45, 7) is 6.14. The molecule has 1 rings (SSSR count). The van der Waals surface area contributed by atoms with Crippen molar-refractivity contribution in [2.45, 2.75) is 33.6 Å². The average molecular weight is 272 g/mol. The molecule has 1 aliphatic carbocycles. The van der Waals surface area contributed by atoms with E-state index in [-0.39, 0.29) is 11.9 Å². The van der Waals surface area contributed by atoms with Crippen molar-refractivity contribution in [2.24, 2.45) is 0 Å². The van der Waals surface area contributed by atoms with Gasteiger partial charge in [-0.2, -0.15) is 0 Å². The largest absolute Gasteiger partial charge is 0.334 e. The number of hydrogen-bond donors (Lipinski definition) is 0. The van der Waals surface area contributed by atoms with Gasteiger partial charge >= 0.3 is 7.60 Å². The maximum absolute atomic E-state index is 12.2. The standard InChI is InChI=1S/C13H21O4P/c1-4-16-18(15,17-5-2)10-6-7-12-8-9-13(14)11(12)3/h6-7H,4-5,8-10H2,1-3H3/b7-6+. The van der Waals surface area contributed by atoms with Crippen LogP contribution in [0.3, 0.4) is 0 Å². The van der Waals surface area contributed by atoms with Crippen LogP contribution in [0.4, 0.5) is 0 Å². The second kappa shape index (κ2) is 7.03. The van der Waals surface area contributed by atoms with Gasteiger partial charge in [0.05, 0.1) is 19.4 Å². The van der Waals surface area contributed by atoms with E-state index in [0.717, 1.165) is 17.6 Å². The van der Waals surface area contributed by atoms with Crippen molar-refractivity contribution in [3.05, 3.63) is 23.3 Å². The Labute approximate surface area is 109 Å². The van der Waals surface area contributed by atoms with Crippen LogP contribution in [0.15, 0.2) is 23.3 Å². The third-order valence-electron chi connectivity index (χ3n) is 2.82. The number of allylic oxidation sites excluding steroid dienone is 4. The highest BCUT2D eigenvalue weighted by atomic mass is 31.2. The first kappa shape index (κ1) is 15.4. The number of carbonyl (C=O) groups is 1. The van der Waals surface area contributed by atoms with Gasteiger partial charge in [0.2, 0.25) is 0 Å². The van der Waals surface area contributed by atoms with E-state index in [2.05, 4.69) is 0 Å². The van der Waals surface area contributed by atoms with E-state index in [1.165, 1.54) is 0 Å². The highest BCUT2D eigenvalue weighted by Crippen LogP contribution is 2.48. The summed E-state index contributed by atoms with van der Waals surface area (Å²) >= 11 is 0. The van der Waals surface area contributed by atoms with Gasteiger partial charge in [0.25, 0.3) is 0 Å². The van der Waals surface area contributed by atoms with Crippen molar-refractivity contribution < 1.29 is 18.4 Å². The van der Waals surface area contributed by atoms with Crippen molar-refractivity contribution in [2.75, 3.05) is 19.4 Å². The Kier molecular flexibility index (Phi) is 6.00. The molecule has 0 aromatic heterocycles. The Morgan fingerprint density at radius 1 is 1.22 bits per heavy atom. The first-order chi connectivity index (χ1) is 8.52. The van der Waals surface area contributed by atoms with E-state index in [9.17, 15) is 9.36 Å². The van der Waals surface area contributed by atoms with Crippen LogP contribution in [0.2, 0.25) is 0 Å². The zero-order valence-corrected chi connectivity index (χ0v) is 12.2. The molecule has 102 valence electrons. The van der Waals surface area contributed by atoms with Gasteiger partial charge in [-0.3, -0.25) is 9.36 Å². The molecule has 5 heteroatoms. The summed E-state index contributed by atoms with van der Waals surface area (Å²) in [6, 6.07) is 0. The van der Waals surface area contributed by atoms with Crippen molar-refractivity contribution >= 4 is 13.4 Å². The summed E-state index contributed by atoms with van der Waals surface area (Å²) < 4.78 is 22.5. The molecule has 0 aliphatic heterocycles.